The third kappa shape index (κ3) is 5.82. The van der Waals surface area contributed by atoms with Crippen molar-refractivity contribution in [1.82, 2.24) is 9.71 Å². The Bertz CT molecular complexity index is 539. The van der Waals surface area contributed by atoms with E-state index in [0.29, 0.717) is 31.6 Å². The molecule has 1 saturated heterocycles. The van der Waals surface area contributed by atoms with Crippen LogP contribution >= 0.6 is 11.6 Å². The van der Waals surface area contributed by atoms with E-state index in [0.717, 1.165) is 12.6 Å². The van der Waals surface area contributed by atoms with Gasteiger partial charge in [0.2, 0.25) is 0 Å². The molecule has 1 aromatic heterocycles. The number of hydrogen-bond acceptors (Lipinski definition) is 5. The van der Waals surface area contributed by atoms with E-state index >= 15 is 0 Å². The number of nitrogens with zero attached hydrogens (tertiary/aromatic N) is 1. The number of rotatable bonds is 6. The summed E-state index contributed by atoms with van der Waals surface area (Å²) in [5, 5.41) is 0.199. The van der Waals surface area contributed by atoms with Gasteiger partial charge in [-0.1, -0.05) is 11.6 Å². The van der Waals surface area contributed by atoms with Gasteiger partial charge in [0.1, 0.15) is 15.7 Å². The van der Waals surface area contributed by atoms with Gasteiger partial charge in [-0.15, -0.1) is 4.72 Å². The Morgan fingerprint density at radius 2 is 2.12 bits per heavy atom. The van der Waals surface area contributed by atoms with Crippen molar-refractivity contribution in [3.8, 4) is 0 Å². The van der Waals surface area contributed by atoms with Crippen LogP contribution in [0.15, 0.2) is 12.3 Å². The predicted molar refractivity (Wildman–Crippen MR) is 92.5 cm³/mol. The highest BCUT2D eigenvalue weighted by Gasteiger charge is 2.31. The van der Waals surface area contributed by atoms with Gasteiger partial charge >= 0.3 is 0 Å². The molecular weight excluding hydrogens is 355 g/mol. The Morgan fingerprint density at radius 3 is 2.75 bits per heavy atom. The van der Waals surface area contributed by atoms with Crippen molar-refractivity contribution in [2.24, 2.45) is 0 Å². The number of halogens is 2. The highest BCUT2D eigenvalue weighted by Crippen LogP contribution is 2.29. The van der Waals surface area contributed by atoms with E-state index in [4.69, 9.17) is 21.1 Å². The minimum atomic E-state index is -1.33. The summed E-state index contributed by atoms with van der Waals surface area (Å²) in [4.78, 5) is 3.85. The molecule has 0 amide bonds. The first-order valence-corrected chi connectivity index (χ1v) is 9.52. The van der Waals surface area contributed by atoms with Crippen molar-refractivity contribution < 1.29 is 18.4 Å². The van der Waals surface area contributed by atoms with Crippen LogP contribution in [0.1, 0.15) is 51.6 Å². The van der Waals surface area contributed by atoms with Gasteiger partial charge in [0.15, 0.2) is 6.29 Å². The summed E-state index contributed by atoms with van der Waals surface area (Å²) in [6, 6.07) is 0.921. The van der Waals surface area contributed by atoms with Gasteiger partial charge in [-0.25, -0.2) is 9.37 Å². The topological polar surface area (TPSA) is 66.4 Å². The van der Waals surface area contributed by atoms with Crippen LogP contribution < -0.4 is 4.72 Å². The van der Waals surface area contributed by atoms with Crippen LogP contribution in [0.3, 0.4) is 0 Å². The highest BCUT2D eigenvalue weighted by atomic mass is 35.5. The molecule has 1 aliphatic rings. The van der Waals surface area contributed by atoms with Crippen molar-refractivity contribution in [1.29, 1.82) is 0 Å². The maximum atomic E-state index is 13.6. The molecule has 2 heterocycles. The predicted octanol–water partition coefficient (Wildman–Crippen LogP) is 3.51. The number of pyridine rings is 1. The van der Waals surface area contributed by atoms with Crippen molar-refractivity contribution in [2.45, 2.75) is 57.1 Å². The van der Waals surface area contributed by atoms with Gasteiger partial charge in [0, 0.05) is 23.3 Å². The summed E-state index contributed by atoms with van der Waals surface area (Å²) >= 11 is 4.80. The lowest BCUT2D eigenvalue weighted by atomic mass is 10.0. The monoisotopic (exact) mass is 378 g/mol. The van der Waals surface area contributed by atoms with Gasteiger partial charge < -0.3 is 14.0 Å². The summed E-state index contributed by atoms with van der Waals surface area (Å²) in [7, 11) is 0. The van der Waals surface area contributed by atoms with Crippen molar-refractivity contribution in [3.05, 3.63) is 28.8 Å². The second kappa shape index (κ2) is 8.78. The fraction of sp³-hybridized carbons (Fsp3) is 0.688. The first-order chi connectivity index (χ1) is 11.3. The Morgan fingerprint density at radius 1 is 1.46 bits per heavy atom. The molecule has 8 heteroatoms. The third-order valence-corrected chi connectivity index (χ3v) is 5.53. The third-order valence-electron chi connectivity index (χ3n) is 3.60. The molecule has 2 rings (SSSR count). The van der Waals surface area contributed by atoms with Crippen LogP contribution in [0.25, 0.3) is 0 Å². The van der Waals surface area contributed by atoms with Crippen molar-refractivity contribution >= 4 is 23.0 Å². The minimum Gasteiger partial charge on any atom is -0.598 e. The lowest BCUT2D eigenvalue weighted by Crippen LogP contribution is -2.41. The molecule has 1 aliphatic heterocycles. The van der Waals surface area contributed by atoms with Crippen LogP contribution in [-0.2, 0) is 20.8 Å². The Hall–Kier alpha value is -0.440. The minimum absolute atomic E-state index is 0.199. The molecule has 0 saturated carbocycles. The molecule has 136 valence electrons. The molecule has 0 aliphatic carbocycles. The Kier molecular flexibility index (Phi) is 7.27. The van der Waals surface area contributed by atoms with E-state index in [2.05, 4.69) is 9.71 Å². The summed E-state index contributed by atoms with van der Waals surface area (Å²) in [6.07, 6.45) is 2.78. The molecule has 0 spiro atoms. The van der Waals surface area contributed by atoms with Gasteiger partial charge in [-0.05, 0) is 39.7 Å². The maximum Gasteiger partial charge on any atom is 0.157 e. The zero-order chi connectivity index (χ0) is 17.7. The molecule has 0 aromatic carbocycles. The molecule has 0 bridgehead atoms. The molecule has 5 nitrogen and oxygen atoms in total. The van der Waals surface area contributed by atoms with Gasteiger partial charge in [0.05, 0.1) is 25.5 Å². The molecule has 2 atom stereocenters. The second-order valence-corrected chi connectivity index (χ2v) is 9.04. The summed E-state index contributed by atoms with van der Waals surface area (Å²) in [5.41, 5.74) is 0.491. The number of aromatic nitrogens is 1. The van der Waals surface area contributed by atoms with E-state index in [9.17, 15) is 8.94 Å². The van der Waals surface area contributed by atoms with Gasteiger partial charge in [0.25, 0.3) is 0 Å². The smallest absolute Gasteiger partial charge is 0.157 e. The second-order valence-electron chi connectivity index (χ2n) is 6.69. The first kappa shape index (κ1) is 19.9. The largest absolute Gasteiger partial charge is 0.598 e. The summed E-state index contributed by atoms with van der Waals surface area (Å²) < 4.78 is 39.8. The Labute approximate surface area is 150 Å². The van der Waals surface area contributed by atoms with Crippen molar-refractivity contribution in [3.63, 3.8) is 0 Å². The van der Waals surface area contributed by atoms with E-state index in [1.807, 2.05) is 20.8 Å². The zero-order valence-corrected chi connectivity index (χ0v) is 15.8. The van der Waals surface area contributed by atoms with Gasteiger partial charge in [-0.3, -0.25) is 0 Å². The lowest BCUT2D eigenvalue weighted by molar-refractivity contribution is -0.182. The summed E-state index contributed by atoms with van der Waals surface area (Å²) in [6.45, 7) is 6.93. The molecule has 1 aromatic rings. The molecule has 1 N–H and O–H groups in total. The quantitative estimate of drug-likeness (QED) is 0.606. The number of hydrogen-bond donors (Lipinski definition) is 1. The molecule has 0 radical (unpaired) electrons. The van der Waals surface area contributed by atoms with Crippen LogP contribution in [0.2, 0.25) is 5.15 Å². The lowest BCUT2D eigenvalue weighted by Gasteiger charge is -2.30. The fourth-order valence-electron chi connectivity index (χ4n) is 2.27. The average Bonchev–Trinajstić information content (AvgIpc) is 2.53. The SMILES string of the molecule is CC(C)(C)[S@@+]([O-])NC(CCC1OCCCO1)c1cc(F)cnc1Cl. The standard InChI is InChI=1S/C16H24ClFN2O3S/c1-16(2,3)24(21)20-13(5-6-14-22-7-4-8-23-14)12-9-11(18)10-19-15(12)17/h9-10,13-14,20H,4-8H2,1-3H3/t13?,24-/m1/s1. The Balaban J connectivity index is 2.12. The number of nitrogens with one attached hydrogen (secondary N) is 1. The molecule has 1 unspecified atom stereocenters. The zero-order valence-electron chi connectivity index (χ0n) is 14.2. The van der Waals surface area contributed by atoms with Crippen LogP contribution in [0, 0.1) is 5.82 Å². The van der Waals surface area contributed by atoms with Crippen LogP contribution in [0.4, 0.5) is 4.39 Å². The molecular formula is C16H24ClFN2O3S. The average molecular weight is 379 g/mol. The van der Waals surface area contributed by atoms with Gasteiger partial charge in [-0.2, -0.15) is 0 Å². The van der Waals surface area contributed by atoms with E-state index in [1.165, 1.54) is 6.07 Å². The number of ether oxygens (including phenoxy) is 2. The molecule has 1 fully saturated rings. The first-order valence-electron chi connectivity index (χ1n) is 7.99. The maximum absolute atomic E-state index is 13.6. The van der Waals surface area contributed by atoms with Crippen LogP contribution in [0.5, 0.6) is 0 Å². The normalized spacial score (nSPS) is 19.2. The van der Waals surface area contributed by atoms with Crippen molar-refractivity contribution in [2.75, 3.05) is 13.2 Å². The van der Waals surface area contributed by atoms with Crippen LogP contribution in [-0.4, -0.2) is 33.8 Å². The van der Waals surface area contributed by atoms with E-state index in [-0.39, 0.29) is 11.4 Å². The van der Waals surface area contributed by atoms with E-state index in [1.54, 1.807) is 0 Å². The summed E-state index contributed by atoms with van der Waals surface area (Å²) in [5.74, 6) is -0.479. The fourth-order valence-corrected chi connectivity index (χ4v) is 3.36. The highest BCUT2D eigenvalue weighted by molar-refractivity contribution is 7.90. The molecule has 24 heavy (non-hydrogen) atoms. The van der Waals surface area contributed by atoms with E-state index < -0.39 is 28.0 Å².